The predicted molar refractivity (Wildman–Crippen MR) is 103 cm³/mol. The fourth-order valence-corrected chi connectivity index (χ4v) is 2.65. The van der Waals surface area contributed by atoms with E-state index in [0.29, 0.717) is 21.8 Å². The smallest absolute Gasteiger partial charge is 0.270 e. The lowest BCUT2D eigenvalue weighted by Gasteiger charge is -2.12. The third kappa shape index (κ3) is 3.95. The molecule has 3 rings (SSSR count). The van der Waals surface area contributed by atoms with Crippen LogP contribution in [0.25, 0.3) is 0 Å². The standard InChI is InChI=1S/C20H18ClN3O2/c1-13-3-4-14(2)24(13)23-20(26)16-7-11-18(12-8-16)22-19(25)15-5-9-17(21)10-6-15/h3-12H,1-2H3,(H,22,25)(H,23,26). The number of hydrogen-bond acceptors (Lipinski definition) is 2. The van der Waals surface area contributed by atoms with Crippen LogP contribution in [-0.4, -0.2) is 16.5 Å². The van der Waals surface area contributed by atoms with Crippen LogP contribution in [0.5, 0.6) is 0 Å². The monoisotopic (exact) mass is 367 g/mol. The van der Waals surface area contributed by atoms with Crippen molar-refractivity contribution in [1.29, 1.82) is 0 Å². The number of rotatable bonds is 4. The molecule has 1 aromatic heterocycles. The first-order valence-electron chi connectivity index (χ1n) is 8.07. The molecule has 26 heavy (non-hydrogen) atoms. The number of anilines is 1. The van der Waals surface area contributed by atoms with E-state index in [1.54, 1.807) is 53.2 Å². The molecule has 0 bridgehead atoms. The summed E-state index contributed by atoms with van der Waals surface area (Å²) < 4.78 is 1.73. The SMILES string of the molecule is Cc1ccc(C)n1NC(=O)c1ccc(NC(=O)c2ccc(Cl)cc2)cc1. The van der Waals surface area contributed by atoms with Crippen molar-refractivity contribution in [2.45, 2.75) is 13.8 Å². The molecule has 1 heterocycles. The van der Waals surface area contributed by atoms with Gasteiger partial charge in [0.1, 0.15) is 0 Å². The van der Waals surface area contributed by atoms with Gasteiger partial charge in [-0.3, -0.25) is 19.7 Å². The first-order chi connectivity index (χ1) is 12.4. The Balaban J connectivity index is 1.67. The summed E-state index contributed by atoms with van der Waals surface area (Å²) in [5.74, 6) is -0.458. The lowest BCUT2D eigenvalue weighted by molar-refractivity contribution is 0.100. The summed E-state index contributed by atoms with van der Waals surface area (Å²) in [7, 11) is 0. The van der Waals surface area contributed by atoms with Crippen molar-refractivity contribution in [2.75, 3.05) is 10.7 Å². The first kappa shape index (κ1) is 17.8. The van der Waals surface area contributed by atoms with E-state index in [9.17, 15) is 9.59 Å². The lowest BCUT2D eigenvalue weighted by atomic mass is 10.1. The highest BCUT2D eigenvalue weighted by Crippen LogP contribution is 2.14. The van der Waals surface area contributed by atoms with Crippen molar-refractivity contribution in [3.8, 4) is 0 Å². The average Bonchev–Trinajstić information content (AvgIpc) is 2.94. The Kier molecular flexibility index (Phi) is 5.09. The number of carbonyl (C=O) groups is 2. The molecule has 0 atom stereocenters. The fraction of sp³-hybridized carbons (Fsp3) is 0.100. The van der Waals surface area contributed by atoms with Crippen molar-refractivity contribution >= 4 is 29.1 Å². The van der Waals surface area contributed by atoms with Gasteiger partial charge in [-0.2, -0.15) is 0 Å². The summed E-state index contributed by atoms with van der Waals surface area (Å²) >= 11 is 5.82. The van der Waals surface area contributed by atoms with E-state index < -0.39 is 0 Å². The van der Waals surface area contributed by atoms with Gasteiger partial charge in [-0.1, -0.05) is 11.6 Å². The van der Waals surface area contributed by atoms with E-state index in [-0.39, 0.29) is 11.8 Å². The second kappa shape index (κ2) is 7.45. The van der Waals surface area contributed by atoms with Crippen LogP contribution in [0.2, 0.25) is 5.02 Å². The fourth-order valence-electron chi connectivity index (χ4n) is 2.52. The zero-order valence-corrected chi connectivity index (χ0v) is 15.2. The third-order valence-electron chi connectivity index (χ3n) is 4.00. The lowest BCUT2D eigenvalue weighted by Crippen LogP contribution is -2.24. The van der Waals surface area contributed by atoms with E-state index in [1.165, 1.54) is 0 Å². The number of nitrogens with one attached hydrogen (secondary N) is 2. The van der Waals surface area contributed by atoms with Crippen molar-refractivity contribution < 1.29 is 9.59 Å². The number of nitrogens with zero attached hydrogens (tertiary/aromatic N) is 1. The molecule has 0 aliphatic rings. The molecule has 0 spiro atoms. The van der Waals surface area contributed by atoms with Crippen molar-refractivity contribution in [2.24, 2.45) is 0 Å². The zero-order chi connectivity index (χ0) is 18.7. The van der Waals surface area contributed by atoms with Gasteiger partial charge in [-0.15, -0.1) is 0 Å². The Hall–Kier alpha value is -3.05. The van der Waals surface area contributed by atoms with Crippen LogP contribution in [0.4, 0.5) is 5.69 Å². The van der Waals surface area contributed by atoms with Crippen LogP contribution in [-0.2, 0) is 0 Å². The van der Waals surface area contributed by atoms with Gasteiger partial charge in [0.25, 0.3) is 11.8 Å². The van der Waals surface area contributed by atoms with Crippen LogP contribution in [0.3, 0.4) is 0 Å². The van der Waals surface area contributed by atoms with Crippen LogP contribution in [0, 0.1) is 13.8 Å². The molecule has 0 saturated heterocycles. The number of hydrogen-bond donors (Lipinski definition) is 2. The minimum Gasteiger partial charge on any atom is -0.322 e. The van der Waals surface area contributed by atoms with E-state index in [0.717, 1.165) is 11.4 Å². The summed E-state index contributed by atoms with van der Waals surface area (Å²) in [6.45, 7) is 3.84. The molecular formula is C20H18ClN3O2. The molecule has 0 unspecified atom stereocenters. The number of carbonyl (C=O) groups excluding carboxylic acids is 2. The first-order valence-corrected chi connectivity index (χ1v) is 8.45. The molecule has 3 aromatic rings. The highest BCUT2D eigenvalue weighted by atomic mass is 35.5. The topological polar surface area (TPSA) is 63.1 Å². The number of aryl methyl sites for hydroxylation is 2. The van der Waals surface area contributed by atoms with E-state index in [4.69, 9.17) is 11.6 Å². The Labute approximate surface area is 156 Å². The number of amides is 2. The maximum Gasteiger partial charge on any atom is 0.270 e. The van der Waals surface area contributed by atoms with Gasteiger partial charge >= 0.3 is 0 Å². The number of halogens is 1. The second-order valence-corrected chi connectivity index (χ2v) is 6.37. The van der Waals surface area contributed by atoms with Crippen molar-refractivity contribution in [3.63, 3.8) is 0 Å². The van der Waals surface area contributed by atoms with Crippen LogP contribution < -0.4 is 10.7 Å². The Morgan fingerprint density at radius 3 is 1.85 bits per heavy atom. The van der Waals surface area contributed by atoms with Crippen molar-refractivity contribution in [1.82, 2.24) is 4.68 Å². The van der Waals surface area contributed by atoms with Gasteiger partial charge in [0.15, 0.2) is 0 Å². The van der Waals surface area contributed by atoms with Gasteiger partial charge in [0.2, 0.25) is 0 Å². The molecule has 0 aliphatic carbocycles. The summed E-state index contributed by atoms with van der Waals surface area (Å²) in [4.78, 5) is 24.6. The highest BCUT2D eigenvalue weighted by Gasteiger charge is 2.10. The molecule has 0 saturated carbocycles. The second-order valence-electron chi connectivity index (χ2n) is 5.93. The van der Waals surface area contributed by atoms with Gasteiger partial charge < -0.3 is 5.32 Å². The summed E-state index contributed by atoms with van der Waals surface area (Å²) in [6.07, 6.45) is 0. The number of benzene rings is 2. The van der Waals surface area contributed by atoms with Gasteiger partial charge in [-0.05, 0) is 74.5 Å². The average molecular weight is 368 g/mol. The molecule has 2 amide bonds. The number of aromatic nitrogens is 1. The molecule has 2 N–H and O–H groups in total. The van der Waals surface area contributed by atoms with Crippen LogP contribution in [0.15, 0.2) is 60.7 Å². The molecular weight excluding hydrogens is 350 g/mol. The maximum absolute atomic E-state index is 12.4. The molecule has 0 radical (unpaired) electrons. The predicted octanol–water partition coefficient (Wildman–Crippen LogP) is 4.39. The summed E-state index contributed by atoms with van der Waals surface area (Å²) in [6, 6.07) is 17.2. The maximum atomic E-state index is 12.4. The van der Waals surface area contributed by atoms with Gasteiger partial charge in [0.05, 0.1) is 0 Å². The van der Waals surface area contributed by atoms with Crippen LogP contribution >= 0.6 is 11.6 Å². The van der Waals surface area contributed by atoms with E-state index in [1.807, 2.05) is 26.0 Å². The highest BCUT2D eigenvalue weighted by molar-refractivity contribution is 6.30. The molecule has 0 fully saturated rings. The Morgan fingerprint density at radius 2 is 1.27 bits per heavy atom. The molecule has 0 aliphatic heterocycles. The minimum atomic E-state index is -0.238. The third-order valence-corrected chi connectivity index (χ3v) is 4.25. The van der Waals surface area contributed by atoms with Crippen molar-refractivity contribution in [3.05, 3.63) is 88.2 Å². The Morgan fingerprint density at radius 1 is 0.769 bits per heavy atom. The largest absolute Gasteiger partial charge is 0.322 e. The summed E-state index contributed by atoms with van der Waals surface area (Å²) in [5, 5.41) is 3.36. The summed E-state index contributed by atoms with van der Waals surface area (Å²) in [5.41, 5.74) is 6.36. The zero-order valence-electron chi connectivity index (χ0n) is 14.4. The minimum absolute atomic E-state index is 0.219. The molecule has 5 nitrogen and oxygen atoms in total. The quantitative estimate of drug-likeness (QED) is 0.718. The van der Waals surface area contributed by atoms with Crippen LogP contribution in [0.1, 0.15) is 32.1 Å². The van der Waals surface area contributed by atoms with Gasteiger partial charge in [0, 0.05) is 33.2 Å². The Bertz CT molecular complexity index is 925. The van der Waals surface area contributed by atoms with E-state index >= 15 is 0 Å². The normalized spacial score (nSPS) is 10.4. The van der Waals surface area contributed by atoms with Gasteiger partial charge in [-0.25, -0.2) is 0 Å². The van der Waals surface area contributed by atoms with E-state index in [2.05, 4.69) is 10.7 Å². The molecule has 2 aromatic carbocycles. The molecule has 132 valence electrons. The molecule has 6 heteroatoms.